The molecule has 0 saturated carbocycles. The van der Waals surface area contributed by atoms with Gasteiger partial charge < -0.3 is 19.6 Å². The first kappa shape index (κ1) is 36.6. The number of piperidine rings is 1. The minimum absolute atomic E-state index is 0.0242. The summed E-state index contributed by atoms with van der Waals surface area (Å²) in [4.78, 5) is 19.3. The number of carbonyl (C=O) groups is 1. The van der Waals surface area contributed by atoms with Crippen LogP contribution in [0.5, 0.6) is 0 Å². The molecule has 0 aliphatic carbocycles. The first-order chi connectivity index (χ1) is 23.4. The van der Waals surface area contributed by atoms with E-state index >= 15 is 0 Å². The number of amides is 1. The smallest absolute Gasteiger partial charge is 0.390 e. The fourth-order valence-electron chi connectivity index (χ4n) is 7.38. The zero-order valence-corrected chi connectivity index (χ0v) is 29.7. The van der Waals surface area contributed by atoms with Crippen LogP contribution < -0.4 is 0 Å². The molecule has 11 nitrogen and oxygen atoms in total. The van der Waals surface area contributed by atoms with Crippen LogP contribution in [0.15, 0.2) is 23.1 Å². The van der Waals surface area contributed by atoms with Gasteiger partial charge in [-0.1, -0.05) is 6.07 Å². The predicted octanol–water partition coefficient (Wildman–Crippen LogP) is 3.01. The SMILES string of the molecule is CS(=O)(=O)N1CCc2c(c(-c3ccc(C(F)(F)F)c(SCCN4CCOCC4)c3)nn2CC(O)CN2CCC(C(=O)N3CCCC3)CC2)C1. The van der Waals surface area contributed by atoms with Gasteiger partial charge in [-0.15, -0.1) is 11.8 Å². The fraction of sp³-hybridized carbons (Fsp3) is 0.697. The normalized spacial score (nSPS) is 21.3. The van der Waals surface area contributed by atoms with Crippen molar-refractivity contribution in [2.75, 3.05) is 84.1 Å². The number of sulfonamides is 1. The van der Waals surface area contributed by atoms with Gasteiger partial charge in [0.1, 0.15) is 0 Å². The van der Waals surface area contributed by atoms with Crippen LogP contribution in [0.25, 0.3) is 11.3 Å². The van der Waals surface area contributed by atoms with E-state index in [-0.39, 0.29) is 36.4 Å². The molecule has 1 amide bonds. The third kappa shape index (κ3) is 9.00. The van der Waals surface area contributed by atoms with Crippen LogP contribution in [-0.4, -0.2) is 138 Å². The monoisotopic (exact) mass is 728 g/mol. The number of thioether (sulfide) groups is 1. The second kappa shape index (κ2) is 15.6. The Labute approximate surface area is 290 Å². The summed E-state index contributed by atoms with van der Waals surface area (Å²) in [6.07, 6.45) is -0.160. The number of aliphatic hydroxyl groups is 1. The second-order valence-electron chi connectivity index (χ2n) is 13.6. The van der Waals surface area contributed by atoms with E-state index in [2.05, 4.69) is 9.80 Å². The Hall–Kier alpha value is -2.21. The summed E-state index contributed by atoms with van der Waals surface area (Å²) in [5, 5.41) is 16.0. The number of nitrogens with zero attached hydrogens (tertiary/aromatic N) is 6. The van der Waals surface area contributed by atoms with Crippen LogP contribution in [0.1, 0.15) is 42.5 Å². The number of aliphatic hydroxyl groups excluding tert-OH is 1. The third-order valence-electron chi connectivity index (χ3n) is 10.1. The van der Waals surface area contributed by atoms with Gasteiger partial charge in [0.25, 0.3) is 0 Å². The Balaban J connectivity index is 1.19. The van der Waals surface area contributed by atoms with Crippen LogP contribution in [0.2, 0.25) is 0 Å². The first-order valence-electron chi connectivity index (χ1n) is 17.2. The molecule has 4 aliphatic heterocycles. The van der Waals surface area contributed by atoms with E-state index in [0.29, 0.717) is 68.4 Å². The number of aromatic nitrogens is 2. The van der Waals surface area contributed by atoms with E-state index in [1.54, 1.807) is 4.68 Å². The van der Waals surface area contributed by atoms with Crippen LogP contribution >= 0.6 is 11.8 Å². The maximum atomic E-state index is 14.1. The number of fused-ring (bicyclic) bond motifs is 1. The second-order valence-corrected chi connectivity index (χ2v) is 16.7. The molecular weight excluding hydrogens is 682 g/mol. The number of hydrogen-bond donors (Lipinski definition) is 1. The molecule has 1 aromatic heterocycles. The van der Waals surface area contributed by atoms with Crippen molar-refractivity contribution >= 4 is 27.7 Å². The molecule has 3 saturated heterocycles. The Kier molecular flexibility index (Phi) is 11.6. The number of benzene rings is 1. The maximum Gasteiger partial charge on any atom is 0.417 e. The molecule has 16 heteroatoms. The molecule has 1 atom stereocenters. The standard InChI is InChI=1S/C33H47F3N6O5S2/c1-49(45,46)41-13-8-29-27(23-41)31(25-4-5-28(33(34,35)36)30(20-25)48-19-16-38-14-17-47-18-15-38)37-42(29)22-26(43)21-39-11-6-24(7-12-39)32(44)40-9-2-3-10-40/h4-5,20,24,26,43H,2-3,6-19,21-23H2,1H3. The van der Waals surface area contributed by atoms with E-state index in [1.165, 1.54) is 16.4 Å². The molecule has 0 bridgehead atoms. The highest BCUT2D eigenvalue weighted by atomic mass is 32.2. The molecule has 5 heterocycles. The highest BCUT2D eigenvalue weighted by Crippen LogP contribution is 2.40. The highest BCUT2D eigenvalue weighted by molar-refractivity contribution is 7.99. The van der Waals surface area contributed by atoms with Crippen molar-refractivity contribution in [1.29, 1.82) is 0 Å². The van der Waals surface area contributed by atoms with Gasteiger partial charge in [0.2, 0.25) is 15.9 Å². The molecule has 0 radical (unpaired) electrons. The summed E-state index contributed by atoms with van der Waals surface area (Å²) in [6.45, 7) is 7.32. The van der Waals surface area contributed by atoms with Crippen molar-refractivity contribution in [3.05, 3.63) is 35.0 Å². The molecule has 0 spiro atoms. The molecule has 1 N–H and O–H groups in total. The van der Waals surface area contributed by atoms with Gasteiger partial charge in [-0.05, 0) is 50.9 Å². The van der Waals surface area contributed by atoms with E-state index in [9.17, 15) is 31.5 Å². The van der Waals surface area contributed by atoms with Crippen LogP contribution in [-0.2, 0) is 45.2 Å². The number of alkyl halides is 3. The summed E-state index contributed by atoms with van der Waals surface area (Å²) < 4.78 is 75.8. The lowest BCUT2D eigenvalue weighted by atomic mass is 9.95. The average molecular weight is 729 g/mol. The minimum Gasteiger partial charge on any atom is -0.390 e. The van der Waals surface area contributed by atoms with E-state index in [4.69, 9.17) is 9.84 Å². The minimum atomic E-state index is -4.54. The number of ether oxygens (including phenoxy) is 1. The van der Waals surface area contributed by atoms with Gasteiger partial charge in [-0.2, -0.15) is 22.6 Å². The molecule has 49 heavy (non-hydrogen) atoms. The number of halogens is 3. The van der Waals surface area contributed by atoms with Crippen molar-refractivity contribution in [3.63, 3.8) is 0 Å². The number of morpholine rings is 1. The lowest BCUT2D eigenvalue weighted by Gasteiger charge is -2.34. The molecule has 1 unspecified atom stereocenters. The Morgan fingerprint density at radius 1 is 1.04 bits per heavy atom. The topological polar surface area (TPSA) is 111 Å². The Morgan fingerprint density at radius 2 is 1.76 bits per heavy atom. The van der Waals surface area contributed by atoms with Crippen molar-refractivity contribution < 1.29 is 36.2 Å². The molecular formula is C33H47F3N6O5S2. The summed E-state index contributed by atoms with van der Waals surface area (Å²) in [7, 11) is -3.53. The zero-order valence-electron chi connectivity index (χ0n) is 28.0. The molecule has 1 aromatic carbocycles. The van der Waals surface area contributed by atoms with Crippen molar-refractivity contribution in [2.45, 2.75) is 62.4 Å². The zero-order chi connectivity index (χ0) is 34.8. The number of hydrogen-bond acceptors (Lipinski definition) is 9. The fourth-order valence-corrected chi connectivity index (χ4v) is 9.28. The lowest BCUT2D eigenvalue weighted by molar-refractivity contribution is -0.139. The number of likely N-dealkylation sites (tertiary alicyclic amines) is 2. The van der Waals surface area contributed by atoms with Gasteiger partial charge in [0, 0.05) is 92.2 Å². The summed E-state index contributed by atoms with van der Waals surface area (Å²) in [5.41, 5.74) is 1.63. The lowest BCUT2D eigenvalue weighted by Crippen LogP contribution is -2.44. The van der Waals surface area contributed by atoms with E-state index in [0.717, 1.165) is 81.6 Å². The Morgan fingerprint density at radius 3 is 2.43 bits per heavy atom. The summed E-state index contributed by atoms with van der Waals surface area (Å²) in [5.74, 6) is 0.742. The molecule has 272 valence electrons. The molecule has 4 aliphatic rings. The number of carbonyl (C=O) groups excluding carboxylic acids is 1. The van der Waals surface area contributed by atoms with Gasteiger partial charge >= 0.3 is 6.18 Å². The maximum absolute atomic E-state index is 14.1. The largest absolute Gasteiger partial charge is 0.417 e. The summed E-state index contributed by atoms with van der Waals surface area (Å²) >= 11 is 1.15. The van der Waals surface area contributed by atoms with E-state index < -0.39 is 27.9 Å². The van der Waals surface area contributed by atoms with Crippen LogP contribution in [0.4, 0.5) is 13.2 Å². The van der Waals surface area contributed by atoms with Gasteiger partial charge in [0.05, 0.1) is 43.4 Å². The quantitative estimate of drug-likeness (QED) is 0.350. The molecule has 6 rings (SSSR count). The predicted molar refractivity (Wildman–Crippen MR) is 181 cm³/mol. The number of β-amino-alcohol motifs (C(OH)–C–C–N with tert-alkyl or cyclic N) is 1. The highest BCUT2D eigenvalue weighted by Gasteiger charge is 2.36. The Bertz CT molecular complexity index is 1570. The molecule has 2 aromatic rings. The van der Waals surface area contributed by atoms with Gasteiger partial charge in [-0.25, -0.2) is 8.42 Å². The first-order valence-corrected chi connectivity index (χ1v) is 20.1. The number of rotatable bonds is 11. The van der Waals surface area contributed by atoms with Crippen molar-refractivity contribution in [3.8, 4) is 11.3 Å². The van der Waals surface area contributed by atoms with Crippen LogP contribution in [0, 0.1) is 5.92 Å². The van der Waals surface area contributed by atoms with Crippen molar-refractivity contribution in [2.24, 2.45) is 5.92 Å². The van der Waals surface area contributed by atoms with Crippen molar-refractivity contribution in [1.82, 2.24) is 28.8 Å². The van der Waals surface area contributed by atoms with Gasteiger partial charge in [0.15, 0.2) is 0 Å². The van der Waals surface area contributed by atoms with E-state index in [1.807, 2.05) is 4.90 Å². The van der Waals surface area contributed by atoms with Crippen LogP contribution in [0.3, 0.4) is 0 Å². The third-order valence-corrected chi connectivity index (χ3v) is 12.4. The van der Waals surface area contributed by atoms with Gasteiger partial charge in [-0.3, -0.25) is 14.4 Å². The average Bonchev–Trinajstić information content (AvgIpc) is 3.73. The summed E-state index contributed by atoms with van der Waals surface area (Å²) in [6, 6.07) is 4.01. The molecule has 3 fully saturated rings.